The van der Waals surface area contributed by atoms with Gasteiger partial charge in [-0.05, 0) is 12.0 Å². The molecular weight excluding hydrogens is 196 g/mol. The average molecular weight is 206 g/mol. The summed E-state index contributed by atoms with van der Waals surface area (Å²) in [5.41, 5.74) is 1.15. The first kappa shape index (κ1) is 9.64. The topological polar surface area (TPSA) is 72.2 Å². The van der Waals surface area contributed by atoms with Gasteiger partial charge in [-0.15, -0.1) is 0 Å². The van der Waals surface area contributed by atoms with Crippen LogP contribution in [-0.4, -0.2) is 10.8 Å². The van der Waals surface area contributed by atoms with E-state index >= 15 is 0 Å². The van der Waals surface area contributed by atoms with Crippen LogP contribution in [0.4, 0.5) is 11.4 Å². The Morgan fingerprint density at radius 1 is 1.53 bits per heavy atom. The molecule has 1 aromatic rings. The van der Waals surface area contributed by atoms with Crippen molar-refractivity contribution in [3.63, 3.8) is 0 Å². The summed E-state index contributed by atoms with van der Waals surface area (Å²) in [5.74, 6) is -0.281. The zero-order chi connectivity index (χ0) is 11.0. The number of nitrogens with one attached hydrogen (secondary N) is 1. The molecule has 0 aromatic heterocycles. The molecule has 1 N–H and O–H groups in total. The third-order valence-corrected chi connectivity index (χ3v) is 2.55. The summed E-state index contributed by atoms with van der Waals surface area (Å²) < 4.78 is 0. The molecule has 1 heterocycles. The first-order valence-electron chi connectivity index (χ1n) is 4.66. The number of hydrogen-bond acceptors (Lipinski definition) is 3. The first-order chi connectivity index (χ1) is 7.09. The lowest BCUT2D eigenvalue weighted by atomic mass is 9.94. The van der Waals surface area contributed by atoms with Crippen molar-refractivity contribution in [1.82, 2.24) is 0 Å². The van der Waals surface area contributed by atoms with Gasteiger partial charge >= 0.3 is 0 Å². The summed E-state index contributed by atoms with van der Waals surface area (Å²) in [6.07, 6.45) is 0.558. The number of anilines is 1. The van der Waals surface area contributed by atoms with Crippen LogP contribution in [0, 0.1) is 16.0 Å². The summed E-state index contributed by atoms with van der Waals surface area (Å²) in [4.78, 5) is 21.6. The number of carbonyl (C=O) groups is 1. The van der Waals surface area contributed by atoms with Crippen LogP contribution >= 0.6 is 0 Å². The largest absolute Gasteiger partial charge is 0.320 e. The highest BCUT2D eigenvalue weighted by Crippen LogP contribution is 2.33. The van der Waals surface area contributed by atoms with Gasteiger partial charge in [-0.3, -0.25) is 14.9 Å². The number of rotatable bonds is 1. The molecule has 0 fully saturated rings. The lowest BCUT2D eigenvalue weighted by Crippen LogP contribution is -2.28. The quantitative estimate of drug-likeness (QED) is 0.561. The Hall–Kier alpha value is -1.91. The molecule has 1 amide bonds. The van der Waals surface area contributed by atoms with E-state index < -0.39 is 4.92 Å². The van der Waals surface area contributed by atoms with Gasteiger partial charge in [-0.25, -0.2) is 0 Å². The number of carbonyl (C=O) groups excluding carboxylic acids is 1. The van der Waals surface area contributed by atoms with Crippen molar-refractivity contribution in [1.29, 1.82) is 0 Å². The maximum Gasteiger partial charge on any atom is 0.293 e. The number of benzene rings is 1. The predicted molar refractivity (Wildman–Crippen MR) is 54.6 cm³/mol. The highest BCUT2D eigenvalue weighted by Gasteiger charge is 2.27. The number of nitro groups is 1. The monoisotopic (exact) mass is 206 g/mol. The molecule has 78 valence electrons. The second kappa shape index (κ2) is 3.34. The molecular formula is C10H10N2O3. The predicted octanol–water partition coefficient (Wildman–Crippen LogP) is 1.73. The molecule has 1 unspecified atom stereocenters. The van der Waals surface area contributed by atoms with Gasteiger partial charge in [0.15, 0.2) is 0 Å². The maximum atomic E-state index is 11.4. The molecule has 1 aromatic carbocycles. The lowest BCUT2D eigenvalue weighted by Gasteiger charge is -2.21. The summed E-state index contributed by atoms with van der Waals surface area (Å²) in [5, 5.41) is 13.3. The van der Waals surface area contributed by atoms with Gasteiger partial charge in [0.05, 0.1) is 4.92 Å². The molecule has 5 heteroatoms. The van der Waals surface area contributed by atoms with Crippen LogP contribution in [0.5, 0.6) is 0 Å². The zero-order valence-corrected chi connectivity index (χ0v) is 8.19. The van der Waals surface area contributed by atoms with Crippen LogP contribution in [0.3, 0.4) is 0 Å². The Labute approximate surface area is 86.2 Å². The van der Waals surface area contributed by atoms with Gasteiger partial charge in [0.2, 0.25) is 5.91 Å². The minimum atomic E-state index is -0.477. The van der Waals surface area contributed by atoms with E-state index in [0.717, 1.165) is 5.56 Å². The molecule has 5 nitrogen and oxygen atoms in total. The molecule has 0 saturated heterocycles. The van der Waals surface area contributed by atoms with Gasteiger partial charge < -0.3 is 5.32 Å². The summed E-state index contributed by atoms with van der Waals surface area (Å²) in [7, 11) is 0. The number of nitro benzene ring substituents is 1. The van der Waals surface area contributed by atoms with E-state index in [2.05, 4.69) is 5.32 Å². The van der Waals surface area contributed by atoms with Crippen LogP contribution in [0.2, 0.25) is 0 Å². The van der Waals surface area contributed by atoms with Crippen LogP contribution in [-0.2, 0) is 11.2 Å². The normalized spacial score (nSPS) is 19.3. The summed E-state index contributed by atoms with van der Waals surface area (Å²) in [6, 6.07) is 4.84. The molecule has 0 radical (unpaired) electrons. The Bertz CT molecular complexity index is 442. The van der Waals surface area contributed by atoms with Crippen molar-refractivity contribution in [2.75, 3.05) is 5.32 Å². The molecule has 0 bridgehead atoms. The van der Waals surface area contributed by atoms with Crippen molar-refractivity contribution < 1.29 is 9.72 Å². The second-order valence-electron chi connectivity index (χ2n) is 3.66. The van der Waals surface area contributed by atoms with E-state index in [1.54, 1.807) is 19.1 Å². The minimum absolute atomic E-state index is 0.0345. The third kappa shape index (κ3) is 1.56. The van der Waals surface area contributed by atoms with Gasteiger partial charge in [0.1, 0.15) is 5.69 Å². The van der Waals surface area contributed by atoms with Crippen molar-refractivity contribution in [2.45, 2.75) is 13.3 Å². The number of hydrogen-bond donors (Lipinski definition) is 1. The molecule has 1 atom stereocenters. The molecule has 15 heavy (non-hydrogen) atoms. The SMILES string of the molecule is CC1Cc2cccc([N+](=O)[O-])c2NC1=O. The Morgan fingerprint density at radius 2 is 2.27 bits per heavy atom. The van der Waals surface area contributed by atoms with Crippen molar-refractivity contribution in [3.05, 3.63) is 33.9 Å². The molecule has 0 saturated carbocycles. The fraction of sp³-hybridized carbons (Fsp3) is 0.300. The van der Waals surface area contributed by atoms with E-state index in [4.69, 9.17) is 0 Å². The zero-order valence-electron chi connectivity index (χ0n) is 8.19. The Balaban J connectivity index is 2.52. The summed E-state index contributed by atoms with van der Waals surface area (Å²) in [6.45, 7) is 1.80. The van der Waals surface area contributed by atoms with Crippen LogP contribution in [0.1, 0.15) is 12.5 Å². The van der Waals surface area contributed by atoms with E-state index in [1.807, 2.05) is 0 Å². The second-order valence-corrected chi connectivity index (χ2v) is 3.66. The molecule has 1 aliphatic rings. The van der Waals surface area contributed by atoms with Crippen molar-refractivity contribution >= 4 is 17.3 Å². The highest BCUT2D eigenvalue weighted by atomic mass is 16.6. The number of nitrogens with zero attached hydrogens (tertiary/aromatic N) is 1. The van der Waals surface area contributed by atoms with Gasteiger partial charge in [0, 0.05) is 12.0 Å². The minimum Gasteiger partial charge on any atom is -0.320 e. The molecule has 0 spiro atoms. The standard InChI is InChI=1S/C10H10N2O3/c1-6-5-7-3-2-4-8(12(14)15)9(7)11-10(6)13/h2-4,6H,5H2,1H3,(H,11,13). The van der Waals surface area contributed by atoms with E-state index in [9.17, 15) is 14.9 Å². The highest BCUT2D eigenvalue weighted by molar-refractivity contribution is 5.97. The molecule has 2 rings (SSSR count). The van der Waals surface area contributed by atoms with Gasteiger partial charge in [-0.2, -0.15) is 0 Å². The summed E-state index contributed by atoms with van der Waals surface area (Å²) >= 11 is 0. The first-order valence-corrected chi connectivity index (χ1v) is 4.66. The van der Waals surface area contributed by atoms with Crippen LogP contribution < -0.4 is 5.32 Å². The maximum absolute atomic E-state index is 11.4. The molecule has 0 aliphatic carbocycles. The van der Waals surface area contributed by atoms with E-state index in [1.165, 1.54) is 6.07 Å². The lowest BCUT2D eigenvalue weighted by molar-refractivity contribution is -0.384. The number of amides is 1. The van der Waals surface area contributed by atoms with Crippen LogP contribution in [0.25, 0.3) is 0 Å². The Morgan fingerprint density at radius 3 is 2.93 bits per heavy atom. The average Bonchev–Trinajstić information content (AvgIpc) is 2.18. The fourth-order valence-electron chi connectivity index (χ4n) is 1.72. The van der Waals surface area contributed by atoms with Crippen molar-refractivity contribution in [3.8, 4) is 0 Å². The number of fused-ring (bicyclic) bond motifs is 1. The van der Waals surface area contributed by atoms with Crippen LogP contribution in [0.15, 0.2) is 18.2 Å². The van der Waals surface area contributed by atoms with E-state index in [0.29, 0.717) is 12.1 Å². The van der Waals surface area contributed by atoms with Crippen molar-refractivity contribution in [2.24, 2.45) is 5.92 Å². The van der Waals surface area contributed by atoms with Gasteiger partial charge in [0.25, 0.3) is 5.69 Å². The molecule has 1 aliphatic heterocycles. The fourth-order valence-corrected chi connectivity index (χ4v) is 1.72. The van der Waals surface area contributed by atoms with E-state index in [-0.39, 0.29) is 17.5 Å². The third-order valence-electron chi connectivity index (χ3n) is 2.55. The Kier molecular flexibility index (Phi) is 2.15. The number of para-hydroxylation sites is 1. The smallest absolute Gasteiger partial charge is 0.293 e. The van der Waals surface area contributed by atoms with Gasteiger partial charge in [-0.1, -0.05) is 19.1 Å².